The summed E-state index contributed by atoms with van der Waals surface area (Å²) in [6.07, 6.45) is 0.446. The summed E-state index contributed by atoms with van der Waals surface area (Å²) in [5, 5.41) is 9.22. The first-order chi connectivity index (χ1) is 14.2. The van der Waals surface area contributed by atoms with Gasteiger partial charge < -0.3 is 5.11 Å². The first kappa shape index (κ1) is 22.0. The number of sulfonamides is 1. The highest BCUT2D eigenvalue weighted by atomic mass is 35.5. The van der Waals surface area contributed by atoms with E-state index in [-0.39, 0.29) is 22.0 Å². The molecule has 0 saturated carbocycles. The summed E-state index contributed by atoms with van der Waals surface area (Å²) >= 11 is 5.82. The van der Waals surface area contributed by atoms with E-state index in [9.17, 15) is 22.7 Å². The molecule has 0 radical (unpaired) electrons. The molecule has 5 nitrogen and oxygen atoms in total. The average Bonchev–Trinajstić information content (AvgIpc) is 2.70. The molecule has 0 unspecified atom stereocenters. The number of halogens is 2. The molecule has 0 bridgehead atoms. The van der Waals surface area contributed by atoms with Crippen LogP contribution in [0.25, 0.3) is 11.1 Å². The highest BCUT2D eigenvalue weighted by Crippen LogP contribution is 2.25. The molecule has 0 amide bonds. The van der Waals surface area contributed by atoms with Crippen molar-refractivity contribution in [3.05, 3.63) is 88.2 Å². The van der Waals surface area contributed by atoms with Gasteiger partial charge in [0, 0.05) is 6.54 Å². The van der Waals surface area contributed by atoms with Crippen LogP contribution in [0.3, 0.4) is 0 Å². The number of carboxylic acids is 1. The number of aryl methyl sites for hydroxylation is 1. The molecule has 2 N–H and O–H groups in total. The van der Waals surface area contributed by atoms with E-state index in [2.05, 4.69) is 4.72 Å². The van der Waals surface area contributed by atoms with Crippen molar-refractivity contribution in [1.82, 2.24) is 4.72 Å². The maximum Gasteiger partial charge on any atom is 0.335 e. The minimum absolute atomic E-state index is 0.0469. The Balaban J connectivity index is 1.65. The molecule has 3 aromatic carbocycles. The zero-order valence-corrected chi connectivity index (χ0v) is 17.6. The molecule has 0 heterocycles. The second kappa shape index (κ2) is 8.95. The standard InChI is InChI=1S/C22H19ClFNO4S/c1-14-2-8-18(13-19(14)22(26)27)30(28,29)25-11-10-15-3-5-16(6-4-15)17-7-9-21(24)20(23)12-17/h2-9,12-13,25H,10-11H2,1H3,(H,26,27). The van der Waals surface area contributed by atoms with Gasteiger partial charge in [-0.25, -0.2) is 22.3 Å². The molecule has 0 saturated heterocycles. The first-order valence-electron chi connectivity index (χ1n) is 9.05. The Morgan fingerprint density at radius 2 is 1.70 bits per heavy atom. The molecule has 8 heteroatoms. The third-order valence-electron chi connectivity index (χ3n) is 4.66. The quantitative estimate of drug-likeness (QED) is 0.551. The van der Waals surface area contributed by atoms with Gasteiger partial charge in [-0.2, -0.15) is 0 Å². The summed E-state index contributed by atoms with van der Waals surface area (Å²) < 4.78 is 40.7. The van der Waals surface area contributed by atoms with E-state index in [4.69, 9.17) is 11.6 Å². The molecule has 3 rings (SSSR count). The monoisotopic (exact) mass is 447 g/mol. The maximum atomic E-state index is 13.3. The number of carboxylic acid groups (broad SMARTS) is 1. The summed E-state index contributed by atoms with van der Waals surface area (Å²) in [6.45, 7) is 1.76. The van der Waals surface area contributed by atoms with E-state index in [0.29, 0.717) is 12.0 Å². The lowest BCUT2D eigenvalue weighted by Crippen LogP contribution is -2.26. The Morgan fingerprint density at radius 1 is 1.03 bits per heavy atom. The Hall–Kier alpha value is -2.74. The van der Waals surface area contributed by atoms with Crippen molar-refractivity contribution in [2.24, 2.45) is 0 Å². The van der Waals surface area contributed by atoms with Crippen LogP contribution in [0, 0.1) is 12.7 Å². The highest BCUT2D eigenvalue weighted by Gasteiger charge is 2.17. The number of hydrogen-bond donors (Lipinski definition) is 2. The molecular formula is C22H19ClFNO4S. The molecule has 3 aromatic rings. The second-order valence-electron chi connectivity index (χ2n) is 6.76. The molecule has 0 aromatic heterocycles. The van der Waals surface area contributed by atoms with Crippen LogP contribution >= 0.6 is 11.6 Å². The van der Waals surface area contributed by atoms with E-state index >= 15 is 0 Å². The molecule has 0 spiro atoms. The predicted molar refractivity (Wildman–Crippen MR) is 114 cm³/mol. The van der Waals surface area contributed by atoms with Crippen molar-refractivity contribution in [2.75, 3.05) is 6.54 Å². The van der Waals surface area contributed by atoms with E-state index in [1.807, 2.05) is 24.3 Å². The van der Waals surface area contributed by atoms with Crippen molar-refractivity contribution in [3.63, 3.8) is 0 Å². The molecule has 0 aliphatic heterocycles. The fourth-order valence-corrected chi connectivity index (χ4v) is 4.19. The third-order valence-corrected chi connectivity index (χ3v) is 6.41. The fraction of sp³-hybridized carbons (Fsp3) is 0.136. The van der Waals surface area contributed by atoms with Crippen LogP contribution < -0.4 is 4.72 Å². The minimum atomic E-state index is -3.83. The zero-order chi connectivity index (χ0) is 21.9. The van der Waals surface area contributed by atoms with Gasteiger partial charge in [-0.1, -0.05) is 48.0 Å². The lowest BCUT2D eigenvalue weighted by Gasteiger charge is -2.09. The van der Waals surface area contributed by atoms with Gasteiger partial charge in [-0.05, 0) is 59.9 Å². The number of hydrogen-bond acceptors (Lipinski definition) is 3. The van der Waals surface area contributed by atoms with Crippen LogP contribution in [-0.2, 0) is 16.4 Å². The highest BCUT2D eigenvalue weighted by molar-refractivity contribution is 7.89. The molecule has 0 fully saturated rings. The van der Waals surface area contributed by atoms with Crippen LogP contribution in [0.4, 0.5) is 4.39 Å². The Labute approximate surface area is 179 Å². The van der Waals surface area contributed by atoms with E-state index in [1.54, 1.807) is 19.1 Å². The van der Waals surface area contributed by atoms with Crippen LogP contribution in [0.5, 0.6) is 0 Å². The van der Waals surface area contributed by atoms with E-state index < -0.39 is 21.8 Å². The number of rotatable bonds is 7. The predicted octanol–water partition coefficient (Wildman–Crippen LogP) is 4.67. The average molecular weight is 448 g/mol. The van der Waals surface area contributed by atoms with Gasteiger partial charge >= 0.3 is 5.97 Å². The first-order valence-corrected chi connectivity index (χ1v) is 10.9. The number of carbonyl (C=O) groups is 1. The van der Waals surface area contributed by atoms with Crippen LogP contribution in [-0.4, -0.2) is 26.0 Å². The van der Waals surface area contributed by atoms with Crippen LogP contribution in [0.15, 0.2) is 65.6 Å². The largest absolute Gasteiger partial charge is 0.478 e. The Bertz CT molecular complexity index is 1190. The van der Waals surface area contributed by atoms with Crippen molar-refractivity contribution >= 4 is 27.6 Å². The lowest BCUT2D eigenvalue weighted by molar-refractivity contribution is 0.0696. The SMILES string of the molecule is Cc1ccc(S(=O)(=O)NCCc2ccc(-c3ccc(F)c(Cl)c3)cc2)cc1C(=O)O. The number of benzene rings is 3. The van der Waals surface area contributed by atoms with Crippen molar-refractivity contribution in [2.45, 2.75) is 18.2 Å². The Kier molecular flexibility index (Phi) is 6.55. The van der Waals surface area contributed by atoms with Gasteiger partial charge in [0.25, 0.3) is 0 Å². The normalized spacial score (nSPS) is 11.4. The van der Waals surface area contributed by atoms with Crippen molar-refractivity contribution < 1.29 is 22.7 Å². The fourth-order valence-electron chi connectivity index (χ4n) is 2.95. The van der Waals surface area contributed by atoms with Gasteiger partial charge in [-0.15, -0.1) is 0 Å². The lowest BCUT2D eigenvalue weighted by atomic mass is 10.0. The van der Waals surface area contributed by atoms with Crippen molar-refractivity contribution in [1.29, 1.82) is 0 Å². The van der Waals surface area contributed by atoms with Gasteiger partial charge in [0.2, 0.25) is 10.0 Å². The van der Waals surface area contributed by atoms with Crippen LogP contribution in [0.1, 0.15) is 21.5 Å². The zero-order valence-electron chi connectivity index (χ0n) is 16.0. The Morgan fingerprint density at radius 3 is 2.33 bits per heavy atom. The van der Waals surface area contributed by atoms with Gasteiger partial charge in [0.05, 0.1) is 15.5 Å². The van der Waals surface area contributed by atoms with Gasteiger partial charge in [0.1, 0.15) is 5.82 Å². The van der Waals surface area contributed by atoms with Crippen molar-refractivity contribution in [3.8, 4) is 11.1 Å². The van der Waals surface area contributed by atoms with Crippen LogP contribution in [0.2, 0.25) is 5.02 Å². The summed E-state index contributed by atoms with van der Waals surface area (Å²) in [5.41, 5.74) is 2.99. The molecule has 0 atom stereocenters. The smallest absolute Gasteiger partial charge is 0.335 e. The summed E-state index contributed by atoms with van der Waals surface area (Å²) in [6, 6.07) is 15.9. The summed E-state index contributed by atoms with van der Waals surface area (Å²) in [5.74, 6) is -1.65. The maximum absolute atomic E-state index is 13.3. The minimum Gasteiger partial charge on any atom is -0.478 e. The van der Waals surface area contributed by atoms with Gasteiger partial charge in [0.15, 0.2) is 0 Å². The number of aromatic carboxylic acids is 1. The molecule has 0 aliphatic rings. The van der Waals surface area contributed by atoms with Gasteiger partial charge in [-0.3, -0.25) is 0 Å². The third kappa shape index (κ3) is 5.05. The summed E-state index contributed by atoms with van der Waals surface area (Å²) in [4.78, 5) is 11.1. The number of nitrogens with one attached hydrogen (secondary N) is 1. The molecule has 156 valence electrons. The topological polar surface area (TPSA) is 83.5 Å². The van der Waals surface area contributed by atoms with E-state index in [0.717, 1.165) is 22.8 Å². The molecular weight excluding hydrogens is 429 g/mol. The van der Waals surface area contributed by atoms with E-state index in [1.165, 1.54) is 18.2 Å². The summed E-state index contributed by atoms with van der Waals surface area (Å²) in [7, 11) is -3.83. The molecule has 0 aliphatic carbocycles. The second-order valence-corrected chi connectivity index (χ2v) is 8.93. The molecule has 30 heavy (non-hydrogen) atoms.